The summed E-state index contributed by atoms with van der Waals surface area (Å²) in [5.41, 5.74) is 0.163. The third-order valence-corrected chi connectivity index (χ3v) is 4.96. The largest absolute Gasteiger partial charge is 0.573 e. The quantitative estimate of drug-likeness (QED) is 0.319. The molecule has 0 aliphatic rings. The van der Waals surface area contributed by atoms with Crippen LogP contribution in [-0.2, 0) is 19.3 Å². The topological polar surface area (TPSA) is 9.23 Å². The van der Waals surface area contributed by atoms with Crippen molar-refractivity contribution in [2.45, 2.75) is 39.0 Å². The van der Waals surface area contributed by atoms with Gasteiger partial charge >= 0.3 is 6.36 Å². The Hall–Kier alpha value is -3.10. The Kier molecular flexibility index (Phi) is 7.29. The number of alkyl halides is 3. The molecule has 0 heterocycles. The van der Waals surface area contributed by atoms with Crippen molar-refractivity contribution in [3.63, 3.8) is 0 Å². The standard InChI is InChI=1S/C24H18F8O/c1-2-3-14-9-19(26)17(20(27)10-14)7-5-13-4-6-16(18(25)8-13)15-11-21(28)23(22(29)12-15)33-24(30,31)32/h4,6,8-12H,2-3,5,7H2,1H3. The zero-order valence-electron chi connectivity index (χ0n) is 17.3. The van der Waals surface area contributed by atoms with Crippen LogP contribution in [-0.4, -0.2) is 6.36 Å². The summed E-state index contributed by atoms with van der Waals surface area (Å²) in [7, 11) is 0. The summed E-state index contributed by atoms with van der Waals surface area (Å²) in [4.78, 5) is 0. The van der Waals surface area contributed by atoms with Crippen molar-refractivity contribution in [3.8, 4) is 16.9 Å². The smallest absolute Gasteiger partial charge is 0.399 e. The van der Waals surface area contributed by atoms with E-state index < -0.39 is 41.2 Å². The lowest BCUT2D eigenvalue weighted by molar-refractivity contribution is -0.276. The van der Waals surface area contributed by atoms with Gasteiger partial charge in [0.2, 0.25) is 5.75 Å². The molecular weight excluding hydrogens is 456 g/mol. The maximum Gasteiger partial charge on any atom is 0.573 e. The molecule has 0 saturated carbocycles. The SMILES string of the molecule is CCCc1cc(F)c(CCc2ccc(-c3cc(F)c(OC(F)(F)F)c(F)c3)c(F)c2)c(F)c1. The van der Waals surface area contributed by atoms with E-state index in [-0.39, 0.29) is 29.5 Å². The van der Waals surface area contributed by atoms with E-state index in [9.17, 15) is 35.1 Å². The third-order valence-electron chi connectivity index (χ3n) is 4.96. The number of hydrogen-bond acceptors (Lipinski definition) is 1. The highest BCUT2D eigenvalue weighted by Gasteiger charge is 2.34. The Balaban J connectivity index is 1.80. The molecule has 3 aromatic carbocycles. The molecule has 0 atom stereocenters. The van der Waals surface area contributed by atoms with Gasteiger partial charge in [0, 0.05) is 11.1 Å². The highest BCUT2D eigenvalue weighted by Crippen LogP contribution is 2.34. The lowest BCUT2D eigenvalue weighted by atomic mass is 9.98. The zero-order valence-corrected chi connectivity index (χ0v) is 17.3. The molecule has 0 bridgehead atoms. The van der Waals surface area contributed by atoms with E-state index in [4.69, 9.17) is 0 Å². The van der Waals surface area contributed by atoms with Gasteiger partial charge < -0.3 is 4.74 Å². The number of benzene rings is 3. The van der Waals surface area contributed by atoms with Crippen LogP contribution >= 0.6 is 0 Å². The van der Waals surface area contributed by atoms with E-state index in [1.54, 1.807) is 0 Å². The fraction of sp³-hybridized carbons (Fsp3) is 0.250. The maximum absolute atomic E-state index is 14.6. The van der Waals surface area contributed by atoms with Crippen molar-refractivity contribution in [2.75, 3.05) is 0 Å². The van der Waals surface area contributed by atoms with Crippen LogP contribution in [0.2, 0.25) is 0 Å². The molecule has 0 amide bonds. The predicted octanol–water partition coefficient (Wildman–Crippen LogP) is 7.69. The minimum absolute atomic E-state index is 0.0460. The summed E-state index contributed by atoms with van der Waals surface area (Å²) in [6.07, 6.45) is -4.00. The van der Waals surface area contributed by atoms with Gasteiger partial charge in [-0.3, -0.25) is 0 Å². The van der Waals surface area contributed by atoms with Crippen LogP contribution in [0.15, 0.2) is 42.5 Å². The van der Waals surface area contributed by atoms with Crippen LogP contribution in [0, 0.1) is 29.1 Å². The summed E-state index contributed by atoms with van der Waals surface area (Å²) < 4.78 is 111. The van der Waals surface area contributed by atoms with Gasteiger partial charge in [-0.2, -0.15) is 0 Å². The Bertz CT molecular complexity index is 1110. The van der Waals surface area contributed by atoms with Crippen molar-refractivity contribution in [3.05, 3.63) is 88.2 Å². The highest BCUT2D eigenvalue weighted by molar-refractivity contribution is 5.66. The van der Waals surface area contributed by atoms with E-state index in [0.29, 0.717) is 29.7 Å². The second-order valence-corrected chi connectivity index (χ2v) is 7.42. The van der Waals surface area contributed by atoms with Crippen LogP contribution in [0.3, 0.4) is 0 Å². The molecule has 0 spiro atoms. The Morgan fingerprint density at radius 3 is 1.76 bits per heavy atom. The number of aryl methyl sites for hydroxylation is 2. The van der Waals surface area contributed by atoms with Gasteiger partial charge in [0.15, 0.2) is 11.6 Å². The van der Waals surface area contributed by atoms with Crippen molar-refractivity contribution in [1.82, 2.24) is 0 Å². The molecule has 0 radical (unpaired) electrons. The third kappa shape index (κ3) is 6.03. The van der Waals surface area contributed by atoms with Gasteiger partial charge in [-0.05, 0) is 66.3 Å². The van der Waals surface area contributed by atoms with E-state index in [1.165, 1.54) is 24.3 Å². The molecule has 0 fully saturated rings. The molecule has 0 saturated heterocycles. The van der Waals surface area contributed by atoms with Crippen LogP contribution in [0.25, 0.3) is 11.1 Å². The second kappa shape index (κ2) is 9.80. The lowest BCUT2D eigenvalue weighted by Crippen LogP contribution is -2.19. The summed E-state index contributed by atoms with van der Waals surface area (Å²) in [6.45, 7) is 1.88. The molecule has 33 heavy (non-hydrogen) atoms. The molecule has 3 aromatic rings. The van der Waals surface area contributed by atoms with E-state index in [1.807, 2.05) is 6.92 Å². The average molecular weight is 474 g/mol. The van der Waals surface area contributed by atoms with Crippen molar-refractivity contribution >= 4 is 0 Å². The van der Waals surface area contributed by atoms with Crippen LogP contribution < -0.4 is 4.74 Å². The summed E-state index contributed by atoms with van der Waals surface area (Å²) in [6, 6.07) is 7.18. The fourth-order valence-electron chi connectivity index (χ4n) is 3.47. The minimum Gasteiger partial charge on any atom is -0.399 e. The van der Waals surface area contributed by atoms with Gasteiger partial charge in [-0.15, -0.1) is 13.2 Å². The summed E-state index contributed by atoms with van der Waals surface area (Å²) >= 11 is 0. The van der Waals surface area contributed by atoms with Crippen molar-refractivity contribution in [2.24, 2.45) is 0 Å². The molecule has 0 unspecified atom stereocenters. The number of hydrogen-bond donors (Lipinski definition) is 0. The van der Waals surface area contributed by atoms with Crippen molar-refractivity contribution < 1.29 is 39.9 Å². The molecule has 3 rings (SSSR count). The first-order valence-electron chi connectivity index (χ1n) is 9.99. The minimum atomic E-state index is -5.30. The monoisotopic (exact) mass is 474 g/mol. The number of rotatable bonds is 7. The number of halogens is 8. The Labute approximate surface area is 184 Å². The van der Waals surface area contributed by atoms with E-state index >= 15 is 0 Å². The van der Waals surface area contributed by atoms with Gasteiger partial charge in [0.25, 0.3) is 0 Å². The van der Waals surface area contributed by atoms with Crippen LogP contribution in [0.1, 0.15) is 30.0 Å². The van der Waals surface area contributed by atoms with Crippen molar-refractivity contribution in [1.29, 1.82) is 0 Å². The molecular formula is C24H18F8O. The van der Waals surface area contributed by atoms with E-state index in [0.717, 1.165) is 12.5 Å². The second-order valence-electron chi connectivity index (χ2n) is 7.42. The average Bonchev–Trinajstić information content (AvgIpc) is 2.69. The fourth-order valence-corrected chi connectivity index (χ4v) is 3.47. The normalized spacial score (nSPS) is 11.7. The molecule has 0 aliphatic heterocycles. The first-order chi connectivity index (χ1) is 15.5. The molecule has 0 N–H and O–H groups in total. The van der Waals surface area contributed by atoms with Gasteiger partial charge in [0.1, 0.15) is 17.5 Å². The molecule has 176 valence electrons. The Morgan fingerprint density at radius 1 is 0.667 bits per heavy atom. The maximum atomic E-state index is 14.6. The van der Waals surface area contributed by atoms with Gasteiger partial charge in [-0.25, -0.2) is 22.0 Å². The first kappa shape index (κ1) is 24.5. The highest BCUT2D eigenvalue weighted by atomic mass is 19.4. The summed E-state index contributed by atoms with van der Waals surface area (Å²) in [5, 5.41) is 0. The first-order valence-corrected chi connectivity index (χ1v) is 9.99. The van der Waals surface area contributed by atoms with E-state index in [2.05, 4.69) is 4.74 Å². The Morgan fingerprint density at radius 2 is 1.24 bits per heavy atom. The lowest BCUT2D eigenvalue weighted by Gasteiger charge is -2.13. The number of ether oxygens (including phenoxy) is 1. The molecule has 0 aliphatic carbocycles. The zero-order chi connectivity index (χ0) is 24.3. The van der Waals surface area contributed by atoms with Crippen LogP contribution in [0.4, 0.5) is 35.1 Å². The summed E-state index contributed by atoms with van der Waals surface area (Å²) in [5.74, 6) is -7.23. The molecule has 1 nitrogen and oxygen atoms in total. The molecule has 0 aromatic heterocycles. The van der Waals surface area contributed by atoms with Gasteiger partial charge in [-0.1, -0.05) is 25.5 Å². The van der Waals surface area contributed by atoms with Crippen LogP contribution in [0.5, 0.6) is 5.75 Å². The predicted molar refractivity (Wildman–Crippen MR) is 106 cm³/mol. The van der Waals surface area contributed by atoms with Gasteiger partial charge in [0.05, 0.1) is 0 Å². The molecule has 9 heteroatoms.